The second-order valence-electron chi connectivity index (χ2n) is 6.73. The maximum absolute atomic E-state index is 12.6. The SMILES string of the molecule is CC1=NS(=O)(=O)c2cc(C(=O)Nc3ccccc3Cl)ccc2N1CC(C)C. The molecular formula is C19H20ClN3O3S. The molecule has 0 aliphatic carbocycles. The Hall–Kier alpha value is -2.38. The second kappa shape index (κ2) is 7.32. The summed E-state index contributed by atoms with van der Waals surface area (Å²) in [4.78, 5) is 14.5. The van der Waals surface area contributed by atoms with Crippen LogP contribution in [0.1, 0.15) is 31.1 Å². The van der Waals surface area contributed by atoms with Crippen LogP contribution >= 0.6 is 11.6 Å². The van der Waals surface area contributed by atoms with Crippen LogP contribution in [0.15, 0.2) is 51.8 Å². The lowest BCUT2D eigenvalue weighted by molar-refractivity contribution is 0.102. The van der Waals surface area contributed by atoms with Gasteiger partial charge in [-0.3, -0.25) is 4.79 Å². The molecule has 0 fully saturated rings. The van der Waals surface area contributed by atoms with Crippen molar-refractivity contribution < 1.29 is 13.2 Å². The van der Waals surface area contributed by atoms with E-state index in [4.69, 9.17) is 11.6 Å². The molecule has 2 aromatic carbocycles. The van der Waals surface area contributed by atoms with Crippen molar-refractivity contribution in [3.63, 3.8) is 0 Å². The van der Waals surface area contributed by atoms with Crippen molar-refractivity contribution in [2.75, 3.05) is 16.8 Å². The molecule has 2 aromatic rings. The Balaban J connectivity index is 1.99. The van der Waals surface area contributed by atoms with Gasteiger partial charge in [0.2, 0.25) is 0 Å². The standard InChI is InChI=1S/C19H20ClN3O3S/c1-12(2)11-23-13(3)22-27(25,26)18-10-14(8-9-17(18)23)19(24)21-16-7-5-4-6-15(16)20/h4-10,12H,11H2,1-3H3,(H,21,24). The van der Waals surface area contributed by atoms with E-state index in [-0.39, 0.29) is 10.5 Å². The van der Waals surface area contributed by atoms with Crippen molar-refractivity contribution in [1.82, 2.24) is 0 Å². The van der Waals surface area contributed by atoms with E-state index in [1.165, 1.54) is 6.07 Å². The number of rotatable bonds is 4. The first kappa shape index (κ1) is 19.4. The van der Waals surface area contributed by atoms with Crippen LogP contribution in [-0.4, -0.2) is 26.7 Å². The maximum atomic E-state index is 12.6. The lowest BCUT2D eigenvalue weighted by Gasteiger charge is -2.30. The largest absolute Gasteiger partial charge is 0.328 e. The molecule has 1 N–H and O–H groups in total. The van der Waals surface area contributed by atoms with Crippen LogP contribution < -0.4 is 10.2 Å². The maximum Gasteiger partial charge on any atom is 0.286 e. The van der Waals surface area contributed by atoms with E-state index in [1.54, 1.807) is 43.3 Å². The van der Waals surface area contributed by atoms with E-state index >= 15 is 0 Å². The number of anilines is 2. The Morgan fingerprint density at radius 1 is 1.22 bits per heavy atom. The highest BCUT2D eigenvalue weighted by molar-refractivity contribution is 7.90. The van der Waals surface area contributed by atoms with E-state index in [2.05, 4.69) is 9.71 Å². The molecule has 0 unspecified atom stereocenters. The van der Waals surface area contributed by atoms with Crippen LogP contribution in [0.5, 0.6) is 0 Å². The minimum absolute atomic E-state index is 0.0283. The summed E-state index contributed by atoms with van der Waals surface area (Å²) in [5.74, 6) is 0.291. The Morgan fingerprint density at radius 2 is 1.93 bits per heavy atom. The van der Waals surface area contributed by atoms with Crippen LogP contribution in [0, 0.1) is 5.92 Å². The van der Waals surface area contributed by atoms with Gasteiger partial charge in [-0.05, 0) is 43.2 Å². The lowest BCUT2D eigenvalue weighted by atomic mass is 10.1. The summed E-state index contributed by atoms with van der Waals surface area (Å²) in [6.07, 6.45) is 0. The molecular weight excluding hydrogens is 386 g/mol. The number of sulfonamides is 1. The van der Waals surface area contributed by atoms with Crippen LogP contribution in [0.25, 0.3) is 0 Å². The fraction of sp³-hybridized carbons (Fsp3) is 0.263. The third-order valence-electron chi connectivity index (χ3n) is 4.10. The summed E-state index contributed by atoms with van der Waals surface area (Å²) in [5, 5.41) is 3.10. The minimum Gasteiger partial charge on any atom is -0.328 e. The molecule has 0 aromatic heterocycles. The normalized spacial score (nSPS) is 15.3. The molecule has 27 heavy (non-hydrogen) atoms. The molecule has 3 rings (SSSR count). The van der Waals surface area contributed by atoms with Gasteiger partial charge in [0.1, 0.15) is 10.7 Å². The number of carbonyl (C=O) groups excluding carboxylic acids is 1. The molecule has 0 saturated heterocycles. The third kappa shape index (κ3) is 3.99. The molecule has 8 heteroatoms. The molecule has 0 bridgehead atoms. The zero-order valence-corrected chi connectivity index (χ0v) is 16.8. The number of carbonyl (C=O) groups is 1. The number of nitrogens with zero attached hydrogens (tertiary/aromatic N) is 2. The zero-order valence-electron chi connectivity index (χ0n) is 15.2. The number of para-hydroxylation sites is 1. The van der Waals surface area contributed by atoms with E-state index in [0.717, 1.165) is 0 Å². The van der Waals surface area contributed by atoms with Gasteiger partial charge >= 0.3 is 0 Å². The number of amides is 1. The number of halogens is 1. The monoisotopic (exact) mass is 405 g/mol. The van der Waals surface area contributed by atoms with Crippen molar-refractivity contribution >= 4 is 44.7 Å². The van der Waals surface area contributed by atoms with Crippen molar-refractivity contribution in [2.24, 2.45) is 10.3 Å². The number of hydrogen-bond donors (Lipinski definition) is 1. The van der Waals surface area contributed by atoms with Crippen molar-refractivity contribution in [1.29, 1.82) is 0 Å². The highest BCUT2D eigenvalue weighted by Gasteiger charge is 2.30. The van der Waals surface area contributed by atoms with Gasteiger partial charge in [-0.15, -0.1) is 4.40 Å². The predicted octanol–water partition coefficient (Wildman–Crippen LogP) is 4.18. The van der Waals surface area contributed by atoms with Crippen LogP contribution in [0.4, 0.5) is 11.4 Å². The molecule has 0 saturated carbocycles. The number of hydrogen-bond acceptors (Lipinski definition) is 4. The molecule has 1 aliphatic rings. The fourth-order valence-corrected chi connectivity index (χ4v) is 4.33. The molecule has 1 amide bonds. The Bertz CT molecular complexity index is 1030. The molecule has 1 heterocycles. The molecule has 142 valence electrons. The highest BCUT2D eigenvalue weighted by atomic mass is 35.5. The average Bonchev–Trinajstić information content (AvgIpc) is 2.59. The first-order valence-electron chi connectivity index (χ1n) is 8.48. The quantitative estimate of drug-likeness (QED) is 0.827. The van der Waals surface area contributed by atoms with Crippen LogP contribution in [0.3, 0.4) is 0 Å². The highest BCUT2D eigenvalue weighted by Crippen LogP contribution is 2.33. The third-order valence-corrected chi connectivity index (χ3v) is 5.82. The van der Waals surface area contributed by atoms with Crippen LogP contribution in [0.2, 0.25) is 5.02 Å². The van der Waals surface area contributed by atoms with Gasteiger partial charge in [-0.2, -0.15) is 8.42 Å². The molecule has 0 atom stereocenters. The van der Waals surface area contributed by atoms with Gasteiger partial charge < -0.3 is 10.2 Å². The van der Waals surface area contributed by atoms with Gasteiger partial charge in [0, 0.05) is 12.1 Å². The lowest BCUT2D eigenvalue weighted by Crippen LogP contribution is -2.36. The second-order valence-corrected chi connectivity index (χ2v) is 8.71. The molecule has 0 radical (unpaired) electrons. The van der Waals surface area contributed by atoms with E-state index in [1.807, 2.05) is 18.7 Å². The Kier molecular flexibility index (Phi) is 5.26. The van der Waals surface area contributed by atoms with Gasteiger partial charge in [0.25, 0.3) is 15.9 Å². The molecule has 6 nitrogen and oxygen atoms in total. The van der Waals surface area contributed by atoms with Crippen molar-refractivity contribution in [2.45, 2.75) is 25.7 Å². The zero-order chi connectivity index (χ0) is 19.8. The van der Waals surface area contributed by atoms with E-state index < -0.39 is 15.9 Å². The predicted molar refractivity (Wildman–Crippen MR) is 108 cm³/mol. The summed E-state index contributed by atoms with van der Waals surface area (Å²) in [6, 6.07) is 11.5. The van der Waals surface area contributed by atoms with Gasteiger partial charge in [0.15, 0.2) is 0 Å². The number of benzene rings is 2. The summed E-state index contributed by atoms with van der Waals surface area (Å²) in [5.41, 5.74) is 1.21. The van der Waals surface area contributed by atoms with Crippen molar-refractivity contribution in [3.05, 3.63) is 53.1 Å². The summed E-state index contributed by atoms with van der Waals surface area (Å²) >= 11 is 6.06. The smallest absolute Gasteiger partial charge is 0.286 e. The number of nitrogens with one attached hydrogen (secondary N) is 1. The Morgan fingerprint density at radius 3 is 2.59 bits per heavy atom. The van der Waals surface area contributed by atoms with Crippen LogP contribution in [-0.2, 0) is 10.0 Å². The average molecular weight is 406 g/mol. The molecule has 0 spiro atoms. The first-order chi connectivity index (χ1) is 12.7. The topological polar surface area (TPSA) is 78.8 Å². The van der Waals surface area contributed by atoms with Gasteiger partial charge in [0.05, 0.1) is 16.4 Å². The minimum atomic E-state index is -3.86. The van der Waals surface area contributed by atoms with Gasteiger partial charge in [-0.25, -0.2) is 0 Å². The number of amidine groups is 1. The summed E-state index contributed by atoms with van der Waals surface area (Å²) in [6.45, 7) is 6.38. The van der Waals surface area contributed by atoms with E-state index in [9.17, 15) is 13.2 Å². The Labute approximate surface area is 163 Å². The summed E-state index contributed by atoms with van der Waals surface area (Å²) < 4.78 is 28.9. The number of fused-ring (bicyclic) bond motifs is 1. The van der Waals surface area contributed by atoms with E-state index in [0.29, 0.717) is 34.7 Å². The van der Waals surface area contributed by atoms with Crippen molar-refractivity contribution in [3.8, 4) is 0 Å². The first-order valence-corrected chi connectivity index (χ1v) is 10.3. The molecule has 1 aliphatic heterocycles. The fourth-order valence-electron chi connectivity index (χ4n) is 2.88. The summed E-state index contributed by atoms with van der Waals surface area (Å²) in [7, 11) is -3.86. The van der Waals surface area contributed by atoms with Gasteiger partial charge in [-0.1, -0.05) is 37.6 Å².